The van der Waals surface area contributed by atoms with Crippen molar-refractivity contribution in [3.63, 3.8) is 0 Å². The number of H-pyrrole nitrogens is 1. The Bertz CT molecular complexity index is 614. The van der Waals surface area contributed by atoms with E-state index in [0.717, 1.165) is 48.9 Å². The molecule has 1 fully saturated rings. The molecule has 0 saturated carbocycles. The van der Waals surface area contributed by atoms with E-state index >= 15 is 0 Å². The standard InChI is InChI=1S/C14H18N4OS/c1-17-4-6-18(7-5-17)10-11-9-13(19)15-16-14(11)12-3-2-8-20-12/h2-3,8-9H,4-7,10H2,1H3,(H,15,19). The van der Waals surface area contributed by atoms with Gasteiger partial charge in [-0.1, -0.05) is 6.07 Å². The maximum absolute atomic E-state index is 11.6. The zero-order valence-electron chi connectivity index (χ0n) is 11.5. The molecular weight excluding hydrogens is 272 g/mol. The summed E-state index contributed by atoms with van der Waals surface area (Å²) in [7, 11) is 2.14. The van der Waals surface area contributed by atoms with Crippen LogP contribution >= 0.6 is 11.3 Å². The maximum atomic E-state index is 11.6. The molecule has 0 aliphatic carbocycles. The first-order valence-electron chi connectivity index (χ1n) is 6.76. The zero-order valence-corrected chi connectivity index (χ0v) is 12.3. The van der Waals surface area contributed by atoms with Gasteiger partial charge in [0.2, 0.25) is 0 Å². The number of nitrogens with one attached hydrogen (secondary N) is 1. The fourth-order valence-electron chi connectivity index (χ4n) is 2.44. The van der Waals surface area contributed by atoms with Gasteiger partial charge in [0, 0.05) is 44.4 Å². The average molecular weight is 290 g/mol. The van der Waals surface area contributed by atoms with Crippen molar-refractivity contribution in [2.24, 2.45) is 0 Å². The third-order valence-electron chi connectivity index (χ3n) is 3.63. The van der Waals surface area contributed by atoms with E-state index in [-0.39, 0.29) is 5.56 Å². The molecule has 0 aromatic carbocycles. The number of piperazine rings is 1. The second kappa shape index (κ2) is 5.87. The van der Waals surface area contributed by atoms with Gasteiger partial charge in [-0.3, -0.25) is 9.69 Å². The normalized spacial score (nSPS) is 17.4. The SMILES string of the molecule is CN1CCN(Cc2cc(=O)[nH]nc2-c2cccs2)CC1. The van der Waals surface area contributed by atoms with Gasteiger partial charge in [-0.25, -0.2) is 5.10 Å². The van der Waals surface area contributed by atoms with E-state index in [1.165, 1.54) is 0 Å². The summed E-state index contributed by atoms with van der Waals surface area (Å²) >= 11 is 1.65. The fourth-order valence-corrected chi connectivity index (χ4v) is 3.18. The first-order chi connectivity index (χ1) is 9.72. The van der Waals surface area contributed by atoms with E-state index in [1.807, 2.05) is 17.5 Å². The van der Waals surface area contributed by atoms with E-state index in [1.54, 1.807) is 17.4 Å². The van der Waals surface area contributed by atoms with Gasteiger partial charge in [-0.05, 0) is 18.5 Å². The molecule has 1 saturated heterocycles. The Balaban J connectivity index is 1.85. The predicted octanol–water partition coefficient (Wildman–Crippen LogP) is 1.25. The number of aromatic nitrogens is 2. The molecule has 1 N–H and O–H groups in total. The van der Waals surface area contributed by atoms with Gasteiger partial charge in [0.1, 0.15) is 5.69 Å². The highest BCUT2D eigenvalue weighted by atomic mass is 32.1. The van der Waals surface area contributed by atoms with Crippen molar-refractivity contribution in [1.29, 1.82) is 0 Å². The van der Waals surface area contributed by atoms with Crippen molar-refractivity contribution in [2.75, 3.05) is 33.2 Å². The van der Waals surface area contributed by atoms with Gasteiger partial charge in [0.05, 0.1) is 4.88 Å². The van der Waals surface area contributed by atoms with Gasteiger partial charge >= 0.3 is 0 Å². The number of rotatable bonds is 3. The van der Waals surface area contributed by atoms with Crippen LogP contribution in [0.4, 0.5) is 0 Å². The number of hydrogen-bond donors (Lipinski definition) is 1. The summed E-state index contributed by atoms with van der Waals surface area (Å²) < 4.78 is 0. The second-order valence-electron chi connectivity index (χ2n) is 5.16. The molecule has 0 amide bonds. The first-order valence-corrected chi connectivity index (χ1v) is 7.64. The van der Waals surface area contributed by atoms with Crippen LogP contribution in [0.1, 0.15) is 5.56 Å². The van der Waals surface area contributed by atoms with Gasteiger partial charge in [0.25, 0.3) is 5.56 Å². The highest BCUT2D eigenvalue weighted by Gasteiger charge is 2.17. The first kappa shape index (κ1) is 13.5. The quantitative estimate of drug-likeness (QED) is 0.924. The molecule has 0 bridgehead atoms. The molecule has 1 aliphatic heterocycles. The van der Waals surface area contributed by atoms with Crippen LogP contribution in [0.25, 0.3) is 10.6 Å². The molecule has 106 valence electrons. The summed E-state index contributed by atoms with van der Waals surface area (Å²) in [6.07, 6.45) is 0. The lowest BCUT2D eigenvalue weighted by atomic mass is 10.1. The van der Waals surface area contributed by atoms with E-state index < -0.39 is 0 Å². The topological polar surface area (TPSA) is 52.2 Å². The molecule has 0 spiro atoms. The highest BCUT2D eigenvalue weighted by Crippen LogP contribution is 2.25. The van der Waals surface area contributed by atoms with Crippen molar-refractivity contribution >= 4 is 11.3 Å². The third kappa shape index (κ3) is 2.98. The lowest BCUT2D eigenvalue weighted by Gasteiger charge is -2.32. The molecule has 0 radical (unpaired) electrons. The van der Waals surface area contributed by atoms with Gasteiger partial charge < -0.3 is 4.90 Å². The molecule has 2 aromatic heterocycles. The molecule has 3 rings (SSSR count). The summed E-state index contributed by atoms with van der Waals surface area (Å²) in [6.45, 7) is 5.01. The minimum absolute atomic E-state index is 0.130. The minimum atomic E-state index is -0.130. The van der Waals surface area contributed by atoms with Crippen molar-refractivity contribution in [1.82, 2.24) is 20.0 Å². The summed E-state index contributed by atoms with van der Waals surface area (Å²) in [5.41, 5.74) is 1.79. The van der Waals surface area contributed by atoms with Crippen LogP contribution in [0.15, 0.2) is 28.4 Å². The molecule has 20 heavy (non-hydrogen) atoms. The van der Waals surface area contributed by atoms with Gasteiger partial charge in [-0.2, -0.15) is 5.10 Å². The van der Waals surface area contributed by atoms with Crippen molar-refractivity contribution in [3.05, 3.63) is 39.5 Å². The Labute approximate surface area is 121 Å². The van der Waals surface area contributed by atoms with Crippen LogP contribution in [-0.4, -0.2) is 53.2 Å². The smallest absolute Gasteiger partial charge is 0.264 e. The molecule has 0 unspecified atom stereocenters. The lowest BCUT2D eigenvalue weighted by molar-refractivity contribution is 0.148. The summed E-state index contributed by atoms with van der Waals surface area (Å²) in [6, 6.07) is 5.73. The van der Waals surface area contributed by atoms with E-state index in [9.17, 15) is 4.79 Å². The molecule has 1 aliphatic rings. The summed E-state index contributed by atoms with van der Waals surface area (Å²) in [5.74, 6) is 0. The van der Waals surface area contributed by atoms with Crippen LogP contribution in [0.5, 0.6) is 0 Å². The van der Waals surface area contributed by atoms with E-state index in [0.29, 0.717) is 0 Å². The Morgan fingerprint density at radius 1 is 1.35 bits per heavy atom. The summed E-state index contributed by atoms with van der Waals surface area (Å²) in [4.78, 5) is 17.4. The minimum Gasteiger partial charge on any atom is -0.304 e. The number of aromatic amines is 1. The zero-order chi connectivity index (χ0) is 13.9. The number of likely N-dealkylation sites (N-methyl/N-ethyl adjacent to an activating group) is 1. The van der Waals surface area contributed by atoms with Crippen LogP contribution < -0.4 is 5.56 Å². The number of nitrogens with zero attached hydrogens (tertiary/aromatic N) is 3. The van der Waals surface area contributed by atoms with Crippen LogP contribution in [-0.2, 0) is 6.54 Å². The Kier molecular flexibility index (Phi) is 3.95. The third-order valence-corrected chi connectivity index (χ3v) is 4.51. The molecule has 6 heteroatoms. The number of thiophene rings is 1. The molecule has 2 aromatic rings. The molecule has 0 atom stereocenters. The Hall–Kier alpha value is -1.50. The monoisotopic (exact) mass is 290 g/mol. The van der Waals surface area contributed by atoms with Crippen molar-refractivity contribution in [2.45, 2.75) is 6.54 Å². The summed E-state index contributed by atoms with van der Waals surface area (Å²) in [5, 5.41) is 8.81. The predicted molar refractivity (Wildman–Crippen MR) is 80.9 cm³/mol. The van der Waals surface area contributed by atoms with Crippen molar-refractivity contribution in [3.8, 4) is 10.6 Å². The van der Waals surface area contributed by atoms with Gasteiger partial charge in [-0.15, -0.1) is 11.3 Å². The second-order valence-corrected chi connectivity index (χ2v) is 6.11. The molecular formula is C14H18N4OS. The van der Waals surface area contributed by atoms with Crippen LogP contribution in [0.2, 0.25) is 0 Å². The lowest BCUT2D eigenvalue weighted by Crippen LogP contribution is -2.44. The maximum Gasteiger partial charge on any atom is 0.264 e. The van der Waals surface area contributed by atoms with Gasteiger partial charge in [0.15, 0.2) is 0 Å². The fraction of sp³-hybridized carbons (Fsp3) is 0.429. The van der Waals surface area contributed by atoms with E-state index in [4.69, 9.17) is 0 Å². The average Bonchev–Trinajstić information content (AvgIpc) is 2.95. The Morgan fingerprint density at radius 3 is 2.85 bits per heavy atom. The largest absolute Gasteiger partial charge is 0.304 e. The molecule has 3 heterocycles. The molecule has 5 nitrogen and oxygen atoms in total. The Morgan fingerprint density at radius 2 is 2.15 bits per heavy atom. The van der Waals surface area contributed by atoms with E-state index in [2.05, 4.69) is 27.0 Å². The highest BCUT2D eigenvalue weighted by molar-refractivity contribution is 7.13. The van der Waals surface area contributed by atoms with Crippen LogP contribution in [0.3, 0.4) is 0 Å². The van der Waals surface area contributed by atoms with Crippen molar-refractivity contribution < 1.29 is 0 Å². The number of hydrogen-bond acceptors (Lipinski definition) is 5. The van der Waals surface area contributed by atoms with Crippen LogP contribution in [0, 0.1) is 0 Å².